The first-order valence-corrected chi connectivity index (χ1v) is 4.79. The molecule has 1 saturated heterocycles. The Bertz CT molecular complexity index is 482. The average molecular weight is 242 g/mol. The van der Waals surface area contributed by atoms with E-state index < -0.39 is 23.9 Å². The van der Waals surface area contributed by atoms with Crippen LogP contribution in [0.5, 0.6) is 0 Å². The zero-order valence-corrected chi connectivity index (χ0v) is 8.60. The second kappa shape index (κ2) is 3.76. The summed E-state index contributed by atoms with van der Waals surface area (Å²) >= 11 is 0. The maximum Gasteiger partial charge on any atom is 0.292 e. The van der Waals surface area contributed by atoms with Crippen molar-refractivity contribution in [3.63, 3.8) is 0 Å². The van der Waals surface area contributed by atoms with Crippen molar-refractivity contribution in [3.8, 4) is 0 Å². The molecule has 0 bridgehead atoms. The molecule has 0 unspecified atom stereocenters. The molecule has 7 heteroatoms. The monoisotopic (exact) mass is 242 g/mol. The fourth-order valence-corrected chi connectivity index (χ4v) is 1.70. The molecule has 0 N–H and O–H groups in total. The van der Waals surface area contributed by atoms with E-state index in [-0.39, 0.29) is 16.9 Å². The first-order chi connectivity index (χ1) is 7.93. The quantitative estimate of drug-likeness (QED) is 0.461. The van der Waals surface area contributed by atoms with Gasteiger partial charge in [0.15, 0.2) is 0 Å². The molecule has 1 aromatic carbocycles. The first kappa shape index (κ1) is 11.4. The van der Waals surface area contributed by atoms with Gasteiger partial charge in [-0.3, -0.25) is 14.9 Å². The number of benzene rings is 1. The molecule has 0 aliphatic carbocycles. The number of halogens is 2. The Labute approximate surface area is 94.8 Å². The van der Waals surface area contributed by atoms with E-state index >= 15 is 0 Å². The molecule has 90 valence electrons. The van der Waals surface area contributed by atoms with Crippen molar-refractivity contribution in [1.82, 2.24) is 0 Å². The summed E-state index contributed by atoms with van der Waals surface area (Å²) in [5, 5.41) is 10.7. The summed E-state index contributed by atoms with van der Waals surface area (Å²) in [6.07, 6.45) is 0.519. The molecule has 1 aromatic rings. The Hall–Kier alpha value is -2.05. The van der Waals surface area contributed by atoms with Crippen molar-refractivity contribution in [3.05, 3.63) is 33.9 Å². The van der Waals surface area contributed by atoms with E-state index in [2.05, 4.69) is 0 Å². The van der Waals surface area contributed by atoms with E-state index in [0.29, 0.717) is 6.29 Å². The van der Waals surface area contributed by atoms with Crippen LogP contribution in [0.25, 0.3) is 0 Å². The Morgan fingerprint density at radius 2 is 2.06 bits per heavy atom. The van der Waals surface area contributed by atoms with Gasteiger partial charge in [0, 0.05) is 11.6 Å². The molecule has 1 fully saturated rings. The van der Waals surface area contributed by atoms with Gasteiger partial charge in [0.2, 0.25) is 0 Å². The van der Waals surface area contributed by atoms with Crippen molar-refractivity contribution in [1.29, 1.82) is 0 Å². The number of hydrogen-bond donors (Lipinski definition) is 0. The molecule has 0 saturated carbocycles. The van der Waals surface area contributed by atoms with E-state index in [1.165, 1.54) is 17.0 Å². The number of nitro benzene ring substituents is 1. The predicted molar refractivity (Wildman–Crippen MR) is 55.6 cm³/mol. The van der Waals surface area contributed by atoms with Crippen LogP contribution in [0.15, 0.2) is 18.2 Å². The van der Waals surface area contributed by atoms with Crippen molar-refractivity contribution < 1.29 is 18.5 Å². The highest BCUT2D eigenvalue weighted by molar-refractivity contribution is 5.80. The minimum atomic E-state index is -2.81. The lowest BCUT2D eigenvalue weighted by Crippen LogP contribution is -2.56. The summed E-state index contributed by atoms with van der Waals surface area (Å²) in [6.45, 7) is -1.12. The van der Waals surface area contributed by atoms with Crippen LogP contribution in [0.1, 0.15) is 10.4 Å². The molecule has 0 amide bonds. The van der Waals surface area contributed by atoms with Gasteiger partial charge in [0.05, 0.1) is 18.0 Å². The number of aldehydes is 1. The van der Waals surface area contributed by atoms with Gasteiger partial charge in [-0.2, -0.15) is 0 Å². The molecule has 0 radical (unpaired) electrons. The molecule has 0 atom stereocenters. The van der Waals surface area contributed by atoms with Gasteiger partial charge in [-0.1, -0.05) is 0 Å². The minimum absolute atomic E-state index is 0.0607. The van der Waals surface area contributed by atoms with Crippen LogP contribution in [0, 0.1) is 10.1 Å². The van der Waals surface area contributed by atoms with E-state index in [1.54, 1.807) is 0 Å². The summed E-state index contributed by atoms with van der Waals surface area (Å²) in [4.78, 5) is 21.8. The molecule has 1 aliphatic rings. The molecule has 2 rings (SSSR count). The van der Waals surface area contributed by atoms with Crippen LogP contribution in [0.4, 0.5) is 20.2 Å². The summed E-state index contributed by atoms with van der Waals surface area (Å²) in [5.74, 6) is -2.81. The smallest absolute Gasteiger partial charge is 0.292 e. The lowest BCUT2D eigenvalue weighted by molar-refractivity contribution is -0.384. The molecule has 17 heavy (non-hydrogen) atoms. The Morgan fingerprint density at radius 3 is 2.53 bits per heavy atom. The highest BCUT2D eigenvalue weighted by Crippen LogP contribution is 2.37. The third kappa shape index (κ3) is 2.08. The van der Waals surface area contributed by atoms with Crippen LogP contribution in [-0.2, 0) is 0 Å². The van der Waals surface area contributed by atoms with Gasteiger partial charge >= 0.3 is 0 Å². The fraction of sp³-hybridized carbons (Fsp3) is 0.300. The molecule has 0 spiro atoms. The zero-order chi connectivity index (χ0) is 12.6. The number of nitro groups is 1. The zero-order valence-electron chi connectivity index (χ0n) is 8.60. The van der Waals surface area contributed by atoms with Crippen molar-refractivity contribution in [2.75, 3.05) is 18.0 Å². The van der Waals surface area contributed by atoms with Gasteiger partial charge in [-0.15, -0.1) is 0 Å². The Balaban J connectivity index is 2.36. The van der Waals surface area contributed by atoms with E-state index in [1.807, 2.05) is 0 Å². The SMILES string of the molecule is O=Cc1ccc([N+](=O)[O-])c(N2CC(F)(F)C2)c1. The summed E-state index contributed by atoms with van der Waals surface area (Å²) in [6, 6.07) is 3.68. The number of carbonyl (C=O) groups is 1. The number of rotatable bonds is 3. The van der Waals surface area contributed by atoms with E-state index in [0.717, 1.165) is 6.07 Å². The van der Waals surface area contributed by atoms with Crippen molar-refractivity contribution >= 4 is 17.7 Å². The van der Waals surface area contributed by atoms with E-state index in [4.69, 9.17) is 0 Å². The first-order valence-electron chi connectivity index (χ1n) is 4.79. The topological polar surface area (TPSA) is 63.4 Å². The van der Waals surface area contributed by atoms with Gasteiger partial charge in [0.1, 0.15) is 12.0 Å². The second-order valence-corrected chi connectivity index (χ2v) is 3.84. The van der Waals surface area contributed by atoms with Gasteiger partial charge in [-0.25, -0.2) is 8.78 Å². The van der Waals surface area contributed by atoms with Gasteiger partial charge < -0.3 is 4.90 Å². The Morgan fingerprint density at radius 1 is 1.41 bits per heavy atom. The third-order valence-electron chi connectivity index (χ3n) is 2.52. The van der Waals surface area contributed by atoms with Crippen LogP contribution >= 0.6 is 0 Å². The van der Waals surface area contributed by atoms with Crippen LogP contribution in [0.3, 0.4) is 0 Å². The maximum absolute atomic E-state index is 12.7. The number of anilines is 1. The van der Waals surface area contributed by atoms with Crippen LogP contribution in [-0.4, -0.2) is 30.2 Å². The highest BCUT2D eigenvalue weighted by Gasteiger charge is 2.45. The Kier molecular flexibility index (Phi) is 2.53. The summed E-state index contributed by atoms with van der Waals surface area (Å²) in [7, 11) is 0. The minimum Gasteiger partial charge on any atom is -0.354 e. The second-order valence-electron chi connectivity index (χ2n) is 3.84. The van der Waals surface area contributed by atoms with Gasteiger partial charge in [0.25, 0.3) is 11.6 Å². The van der Waals surface area contributed by atoms with Crippen LogP contribution < -0.4 is 4.90 Å². The molecule has 1 heterocycles. The molecule has 5 nitrogen and oxygen atoms in total. The van der Waals surface area contributed by atoms with Crippen molar-refractivity contribution in [2.45, 2.75) is 5.92 Å². The summed E-state index contributed by atoms with van der Waals surface area (Å²) < 4.78 is 25.4. The lowest BCUT2D eigenvalue weighted by atomic mass is 10.1. The lowest BCUT2D eigenvalue weighted by Gasteiger charge is -2.40. The third-order valence-corrected chi connectivity index (χ3v) is 2.52. The summed E-state index contributed by atoms with van der Waals surface area (Å²) in [5.41, 5.74) is 0.0115. The number of hydrogen-bond acceptors (Lipinski definition) is 4. The number of carbonyl (C=O) groups excluding carboxylic acids is 1. The molecule has 0 aromatic heterocycles. The predicted octanol–water partition coefficient (Wildman–Crippen LogP) is 1.86. The molecule has 1 aliphatic heterocycles. The molecular formula is C10H8F2N2O3. The normalized spacial score (nSPS) is 17.4. The average Bonchev–Trinajstić information content (AvgIpc) is 2.24. The van der Waals surface area contributed by atoms with Crippen LogP contribution in [0.2, 0.25) is 0 Å². The number of nitrogens with zero attached hydrogens (tertiary/aromatic N) is 2. The fourth-order valence-electron chi connectivity index (χ4n) is 1.70. The molecular weight excluding hydrogens is 234 g/mol. The van der Waals surface area contributed by atoms with Crippen molar-refractivity contribution in [2.24, 2.45) is 0 Å². The maximum atomic E-state index is 12.7. The highest BCUT2D eigenvalue weighted by atomic mass is 19.3. The van der Waals surface area contributed by atoms with Gasteiger partial charge in [-0.05, 0) is 12.1 Å². The standard InChI is InChI=1S/C10H8F2N2O3/c11-10(12)5-13(6-10)9-3-7(4-15)1-2-8(9)14(16)17/h1-4H,5-6H2. The number of alkyl halides is 2. The van der Waals surface area contributed by atoms with E-state index in [9.17, 15) is 23.7 Å². The largest absolute Gasteiger partial charge is 0.354 e.